The molecular formula is C62H67ClF2N8O9. The van der Waals surface area contributed by atoms with Crippen LogP contribution in [0.4, 0.5) is 24.2 Å². The number of hydrogen-bond acceptors (Lipinski definition) is 11. The number of nitrogens with one attached hydrogen (secondary N) is 1. The summed E-state index contributed by atoms with van der Waals surface area (Å²) in [5.41, 5.74) is 7.54. The highest BCUT2D eigenvalue weighted by Crippen LogP contribution is 2.57. The molecule has 4 fully saturated rings. The molecule has 3 N–H and O–H groups in total. The van der Waals surface area contributed by atoms with Crippen LogP contribution in [-0.4, -0.2) is 120 Å². The summed E-state index contributed by atoms with van der Waals surface area (Å²) >= 11 is 6.83. The zero-order valence-corrected chi connectivity index (χ0v) is 47.2. The Kier molecular flexibility index (Phi) is 15.9. The molecule has 1 aliphatic carbocycles. The lowest BCUT2D eigenvalue weighted by Gasteiger charge is -2.43. The number of anilines is 1. The number of methoxy groups -OCH3 is 2. The van der Waals surface area contributed by atoms with Crippen molar-refractivity contribution in [1.29, 1.82) is 0 Å². The van der Waals surface area contributed by atoms with E-state index in [1.807, 2.05) is 67.4 Å². The van der Waals surface area contributed by atoms with Crippen LogP contribution in [0.2, 0.25) is 5.02 Å². The monoisotopic (exact) mass is 1140 g/mol. The molecule has 6 amide bonds. The van der Waals surface area contributed by atoms with Crippen molar-refractivity contribution < 1.29 is 51.7 Å². The molecule has 6 aromatic rings. The number of carbonyl (C=O) groups is 5. The quantitative estimate of drug-likeness (QED) is 0.0995. The molecular weight excluding hydrogens is 1070 g/mol. The maximum Gasteiger partial charge on any atom is 0.410 e. The fourth-order valence-electron chi connectivity index (χ4n) is 13.3. The number of nitrogens with two attached hydrogens (primary N) is 1. The Hall–Kier alpha value is -7.77. The number of likely N-dealkylation sites (tertiary alicyclic amines) is 2. The van der Waals surface area contributed by atoms with Crippen molar-refractivity contribution in [3.05, 3.63) is 135 Å². The Bertz CT molecular complexity index is 3440. The molecule has 82 heavy (non-hydrogen) atoms. The topological polar surface area (TPSA) is 191 Å². The molecule has 0 spiro atoms. The number of ether oxygens (including phenoxy) is 4. The van der Waals surface area contributed by atoms with Gasteiger partial charge in [-0.1, -0.05) is 67.1 Å². The van der Waals surface area contributed by atoms with Crippen molar-refractivity contribution in [2.75, 3.05) is 64.9 Å². The van der Waals surface area contributed by atoms with Crippen LogP contribution in [0.3, 0.4) is 0 Å². The third-order valence-corrected chi connectivity index (χ3v) is 18.1. The Labute approximate surface area is 479 Å². The summed E-state index contributed by atoms with van der Waals surface area (Å²) in [5, 5.41) is 7.48. The summed E-state index contributed by atoms with van der Waals surface area (Å²) in [7, 11) is 4.72. The van der Waals surface area contributed by atoms with Crippen molar-refractivity contribution in [3.63, 3.8) is 0 Å². The summed E-state index contributed by atoms with van der Waals surface area (Å²) in [4.78, 5) is 74.5. The van der Waals surface area contributed by atoms with E-state index in [9.17, 15) is 24.0 Å². The van der Waals surface area contributed by atoms with Gasteiger partial charge in [-0.15, -0.1) is 0 Å². The summed E-state index contributed by atoms with van der Waals surface area (Å²) < 4.78 is 58.4. The first-order valence-electron chi connectivity index (χ1n) is 28.1. The number of rotatable bonds is 15. The molecule has 1 saturated carbocycles. The third-order valence-electron chi connectivity index (χ3n) is 17.7. The van der Waals surface area contributed by atoms with Gasteiger partial charge < -0.3 is 39.4 Å². The first-order valence-corrected chi connectivity index (χ1v) is 28.5. The fraction of sp³-hybridized carbons (Fsp3) is 0.419. The summed E-state index contributed by atoms with van der Waals surface area (Å²) in [6, 6.07) is 25.6. The van der Waals surface area contributed by atoms with Gasteiger partial charge in [0.1, 0.15) is 23.9 Å². The van der Waals surface area contributed by atoms with Crippen molar-refractivity contribution in [2.24, 2.45) is 24.6 Å². The van der Waals surface area contributed by atoms with Crippen LogP contribution in [0, 0.1) is 23.5 Å². The van der Waals surface area contributed by atoms with Crippen LogP contribution in [0.1, 0.15) is 103 Å². The van der Waals surface area contributed by atoms with Crippen molar-refractivity contribution >= 4 is 58.2 Å². The number of hydrogen-bond donors (Lipinski definition) is 2. The maximum atomic E-state index is 16.6. The smallest absolute Gasteiger partial charge is 0.410 e. The van der Waals surface area contributed by atoms with Gasteiger partial charge >= 0.3 is 12.1 Å². The molecule has 1 aromatic heterocycles. The van der Waals surface area contributed by atoms with E-state index >= 15 is 8.78 Å². The molecule has 20 heteroatoms. The number of aryl methyl sites for hydroxylation is 1. The standard InChI is InChI=1S/C62H67ClF2N8O9/c1-36-52-50(31-47(64)55(63)54(52)53-46(57(66)75)20-21-49(80-4)56(53)65)82-62(36,42-8-6-5-7-9-42)35-73(61(78)81-34-37-10-17-44(79-3)18-11-37)43-15-12-40(13-16-43)59(76)71-28-22-38(33-71)32-70-26-23-39(24-27-70)41-14-19-45-48(30-41)69(2)68-58(45)72-29-25-51(74)67-60(72)77/h5-11,14,17-21,30-31,36,38-40,43H,12-13,15-16,22-29,32-35H2,1-4H3,(H2,66,75)(H,67,74,77). The summed E-state index contributed by atoms with van der Waals surface area (Å²) in [5.74, 6) is -2.26. The molecule has 17 nitrogen and oxygen atoms in total. The minimum Gasteiger partial charge on any atom is -0.497 e. The van der Waals surface area contributed by atoms with Crippen molar-refractivity contribution in [1.82, 2.24) is 29.8 Å². The summed E-state index contributed by atoms with van der Waals surface area (Å²) in [6.07, 6.45) is 4.57. The molecule has 5 heterocycles. The van der Waals surface area contributed by atoms with Gasteiger partial charge in [0.2, 0.25) is 17.7 Å². The lowest BCUT2D eigenvalue weighted by Crippen LogP contribution is -2.53. The Morgan fingerprint density at radius 2 is 1.62 bits per heavy atom. The maximum absolute atomic E-state index is 16.6. The SMILES string of the molecule is COc1ccc(COC(=O)N(CC2(c3ccccc3)Oc3cc(F)c(Cl)c(-c4c(C(N)=O)ccc(OC)c4F)c3C2C)C2CCC(C(=O)N3CCC(CN4CCC(c5ccc6c(N7CCC(=O)NC7=O)nn(C)c6c5)CC4)C3)CC2)cc1. The number of carbonyl (C=O) groups excluding carboxylic acids is 5. The van der Waals surface area contributed by atoms with Crippen LogP contribution < -0.4 is 30.2 Å². The van der Waals surface area contributed by atoms with Crippen molar-refractivity contribution in [3.8, 4) is 28.4 Å². The summed E-state index contributed by atoms with van der Waals surface area (Å²) in [6.45, 7) is 6.15. The first-order chi connectivity index (χ1) is 39.5. The molecule has 430 valence electrons. The Morgan fingerprint density at radius 1 is 0.878 bits per heavy atom. The molecule has 11 rings (SSSR count). The second kappa shape index (κ2) is 23.2. The lowest BCUT2D eigenvalue weighted by molar-refractivity contribution is -0.136. The number of benzene rings is 5. The van der Waals surface area contributed by atoms with E-state index in [1.165, 1.54) is 29.7 Å². The molecule has 0 radical (unpaired) electrons. The van der Waals surface area contributed by atoms with E-state index in [0.29, 0.717) is 73.3 Å². The van der Waals surface area contributed by atoms with Crippen LogP contribution >= 0.6 is 11.6 Å². The number of imide groups is 1. The highest BCUT2D eigenvalue weighted by molar-refractivity contribution is 6.34. The molecule has 3 saturated heterocycles. The average Bonchev–Trinajstić information content (AvgIpc) is 3.40. The largest absolute Gasteiger partial charge is 0.497 e. The van der Waals surface area contributed by atoms with E-state index in [0.717, 1.165) is 61.4 Å². The predicted molar refractivity (Wildman–Crippen MR) is 304 cm³/mol. The number of amides is 6. The second-order valence-electron chi connectivity index (χ2n) is 22.4. The minimum atomic E-state index is -1.44. The first kappa shape index (κ1) is 56.1. The van der Waals surface area contributed by atoms with E-state index in [-0.39, 0.29) is 72.0 Å². The van der Waals surface area contributed by atoms with Crippen LogP contribution in [-0.2, 0) is 33.6 Å². The number of aromatic nitrogens is 2. The number of primary amides is 1. The Balaban J connectivity index is 0.779. The minimum absolute atomic E-state index is 0.0440. The van der Waals surface area contributed by atoms with Crippen LogP contribution in [0.5, 0.6) is 17.2 Å². The number of urea groups is 1. The molecule has 0 bridgehead atoms. The van der Waals surface area contributed by atoms with Crippen LogP contribution in [0.15, 0.2) is 91.0 Å². The van der Waals surface area contributed by atoms with Gasteiger partial charge in [-0.3, -0.25) is 29.3 Å². The average molecular weight is 1140 g/mol. The second-order valence-corrected chi connectivity index (χ2v) is 22.8. The molecule has 5 aromatic carbocycles. The molecule has 4 aliphatic heterocycles. The third kappa shape index (κ3) is 10.7. The van der Waals surface area contributed by atoms with E-state index in [4.69, 9.17) is 36.3 Å². The van der Waals surface area contributed by atoms with Gasteiger partial charge in [0.25, 0.3) is 0 Å². The number of piperidine rings is 1. The normalized spacial score (nSPS) is 22.2. The highest BCUT2D eigenvalue weighted by atomic mass is 35.5. The van der Waals surface area contributed by atoms with Gasteiger partial charge in [-0.25, -0.2) is 18.4 Å². The number of halogens is 3. The van der Waals surface area contributed by atoms with Crippen LogP contribution in [0.25, 0.3) is 22.0 Å². The van der Waals surface area contributed by atoms with E-state index in [1.54, 1.807) is 28.8 Å². The number of fused-ring (bicyclic) bond motifs is 2. The number of nitrogens with zero attached hydrogens (tertiary/aromatic N) is 6. The molecule has 5 aliphatic rings. The van der Waals surface area contributed by atoms with Gasteiger partial charge in [0.15, 0.2) is 23.0 Å². The predicted octanol–water partition coefficient (Wildman–Crippen LogP) is 10.1. The van der Waals surface area contributed by atoms with Gasteiger partial charge in [-0.05, 0) is 123 Å². The molecule has 3 atom stereocenters. The lowest BCUT2D eigenvalue weighted by atomic mass is 9.76. The van der Waals surface area contributed by atoms with Gasteiger partial charge in [0, 0.05) is 85.7 Å². The molecule has 3 unspecified atom stereocenters. The highest BCUT2D eigenvalue weighted by Gasteiger charge is 2.53. The van der Waals surface area contributed by atoms with Crippen molar-refractivity contribution in [2.45, 2.75) is 88.4 Å². The van der Waals surface area contributed by atoms with E-state index < -0.39 is 52.2 Å². The Morgan fingerprint density at radius 3 is 2.32 bits per heavy atom. The van der Waals surface area contributed by atoms with Gasteiger partial charge in [0.05, 0.1) is 36.9 Å². The van der Waals surface area contributed by atoms with E-state index in [2.05, 4.69) is 27.4 Å². The fourth-order valence-corrected chi connectivity index (χ4v) is 13.5. The zero-order valence-electron chi connectivity index (χ0n) is 46.4. The van der Waals surface area contributed by atoms with Gasteiger partial charge in [-0.2, -0.15) is 5.10 Å². The zero-order chi connectivity index (χ0) is 57.6.